The van der Waals surface area contributed by atoms with E-state index in [2.05, 4.69) is 5.32 Å². The number of aliphatic hydroxyl groups excluding tert-OH is 1. The molecule has 0 amide bonds. The van der Waals surface area contributed by atoms with Crippen molar-refractivity contribution < 1.29 is 14.3 Å². The smallest absolute Gasteiger partial charge is 0.129 e. The van der Waals surface area contributed by atoms with Gasteiger partial charge in [0.15, 0.2) is 0 Å². The molecule has 1 aromatic heterocycles. The topological polar surface area (TPSA) is 54.6 Å². The van der Waals surface area contributed by atoms with Crippen LogP contribution in [0.5, 0.6) is 0 Å². The van der Waals surface area contributed by atoms with Gasteiger partial charge in [-0.1, -0.05) is 0 Å². The maximum atomic E-state index is 8.79. The fourth-order valence-electron chi connectivity index (χ4n) is 1.08. The summed E-state index contributed by atoms with van der Waals surface area (Å²) in [6.07, 6.45) is 0. The minimum Gasteiger partial charge on any atom is -0.462 e. The summed E-state index contributed by atoms with van der Waals surface area (Å²) in [4.78, 5) is 0. The molecule has 0 aromatic carbocycles. The van der Waals surface area contributed by atoms with E-state index in [4.69, 9.17) is 14.3 Å². The second-order valence-electron chi connectivity index (χ2n) is 3.27. The van der Waals surface area contributed by atoms with Crippen molar-refractivity contribution in [2.24, 2.45) is 0 Å². The molecule has 0 saturated carbocycles. The molecule has 0 aliphatic carbocycles. The van der Waals surface area contributed by atoms with Gasteiger partial charge in [-0.2, -0.15) is 0 Å². The number of furan rings is 1. The Bertz CT molecular complexity index is 260. The molecule has 1 aromatic rings. The SMILES string of the molecule is COCc1ccc(CN[C@H](C)CO)o1. The van der Waals surface area contributed by atoms with Crippen molar-refractivity contribution in [3.05, 3.63) is 23.7 Å². The first-order valence-corrected chi connectivity index (χ1v) is 4.67. The van der Waals surface area contributed by atoms with Gasteiger partial charge in [0.05, 0.1) is 13.2 Å². The zero-order valence-electron chi connectivity index (χ0n) is 8.62. The molecule has 0 bridgehead atoms. The van der Waals surface area contributed by atoms with Gasteiger partial charge in [0.1, 0.15) is 18.1 Å². The molecule has 0 aliphatic rings. The van der Waals surface area contributed by atoms with Crippen LogP contribution < -0.4 is 5.32 Å². The number of aliphatic hydroxyl groups is 1. The van der Waals surface area contributed by atoms with Gasteiger partial charge < -0.3 is 19.6 Å². The molecule has 80 valence electrons. The van der Waals surface area contributed by atoms with Crippen LogP contribution in [-0.4, -0.2) is 24.9 Å². The monoisotopic (exact) mass is 199 g/mol. The lowest BCUT2D eigenvalue weighted by Gasteiger charge is -2.08. The van der Waals surface area contributed by atoms with Gasteiger partial charge in [0, 0.05) is 13.2 Å². The van der Waals surface area contributed by atoms with Gasteiger partial charge in [-0.15, -0.1) is 0 Å². The predicted octanol–water partition coefficient (Wildman–Crippen LogP) is 0.896. The first-order valence-electron chi connectivity index (χ1n) is 4.67. The summed E-state index contributed by atoms with van der Waals surface area (Å²) >= 11 is 0. The largest absolute Gasteiger partial charge is 0.462 e. The van der Waals surface area contributed by atoms with Gasteiger partial charge in [-0.3, -0.25) is 0 Å². The standard InChI is InChI=1S/C10H17NO3/c1-8(6-12)11-5-9-3-4-10(14-9)7-13-2/h3-4,8,11-12H,5-7H2,1-2H3/t8-/m1/s1. The molecule has 0 saturated heterocycles. The van der Waals surface area contributed by atoms with Crippen LogP contribution in [0.15, 0.2) is 16.5 Å². The number of hydrogen-bond donors (Lipinski definition) is 2. The number of methoxy groups -OCH3 is 1. The van der Waals surface area contributed by atoms with E-state index in [1.165, 1.54) is 0 Å². The fraction of sp³-hybridized carbons (Fsp3) is 0.600. The molecule has 0 fully saturated rings. The van der Waals surface area contributed by atoms with Gasteiger partial charge in [-0.05, 0) is 19.1 Å². The highest BCUT2D eigenvalue weighted by molar-refractivity contribution is 5.06. The van der Waals surface area contributed by atoms with Crippen molar-refractivity contribution >= 4 is 0 Å². The fourth-order valence-corrected chi connectivity index (χ4v) is 1.08. The molecule has 0 spiro atoms. The molecule has 1 rings (SSSR count). The number of nitrogens with one attached hydrogen (secondary N) is 1. The lowest BCUT2D eigenvalue weighted by molar-refractivity contribution is 0.162. The minimum absolute atomic E-state index is 0.0889. The molecule has 2 N–H and O–H groups in total. The molecule has 4 nitrogen and oxygen atoms in total. The zero-order chi connectivity index (χ0) is 10.4. The summed E-state index contributed by atoms with van der Waals surface area (Å²) in [5.74, 6) is 1.68. The highest BCUT2D eigenvalue weighted by atomic mass is 16.5. The van der Waals surface area contributed by atoms with E-state index in [1.807, 2.05) is 19.1 Å². The first-order chi connectivity index (χ1) is 6.76. The average Bonchev–Trinajstić information content (AvgIpc) is 2.63. The second kappa shape index (κ2) is 5.80. The molecule has 0 aliphatic heterocycles. The Morgan fingerprint density at radius 2 is 2.21 bits per heavy atom. The molecule has 1 atom stereocenters. The van der Waals surface area contributed by atoms with Gasteiger partial charge in [-0.25, -0.2) is 0 Å². The van der Waals surface area contributed by atoms with E-state index in [0.29, 0.717) is 13.2 Å². The van der Waals surface area contributed by atoms with E-state index in [1.54, 1.807) is 7.11 Å². The lowest BCUT2D eigenvalue weighted by atomic mass is 10.3. The van der Waals surface area contributed by atoms with Crippen LogP contribution in [0.1, 0.15) is 18.4 Å². The van der Waals surface area contributed by atoms with Crippen LogP contribution >= 0.6 is 0 Å². The van der Waals surface area contributed by atoms with E-state index >= 15 is 0 Å². The second-order valence-corrected chi connectivity index (χ2v) is 3.27. The van der Waals surface area contributed by atoms with E-state index in [9.17, 15) is 0 Å². The van der Waals surface area contributed by atoms with Crippen LogP contribution in [0.2, 0.25) is 0 Å². The van der Waals surface area contributed by atoms with Crippen molar-refractivity contribution in [2.75, 3.05) is 13.7 Å². The Morgan fingerprint density at radius 3 is 2.86 bits per heavy atom. The molecular weight excluding hydrogens is 182 g/mol. The van der Waals surface area contributed by atoms with Gasteiger partial charge in [0.25, 0.3) is 0 Å². The van der Waals surface area contributed by atoms with Crippen LogP contribution in [0.4, 0.5) is 0 Å². The average molecular weight is 199 g/mol. The summed E-state index contributed by atoms with van der Waals surface area (Å²) < 4.78 is 10.4. The van der Waals surface area contributed by atoms with E-state index < -0.39 is 0 Å². The van der Waals surface area contributed by atoms with Crippen molar-refractivity contribution in [3.8, 4) is 0 Å². The molecule has 4 heteroatoms. The number of rotatable bonds is 6. The third-order valence-corrected chi connectivity index (χ3v) is 1.90. The quantitative estimate of drug-likeness (QED) is 0.714. The van der Waals surface area contributed by atoms with Crippen molar-refractivity contribution in [3.63, 3.8) is 0 Å². The van der Waals surface area contributed by atoms with Crippen molar-refractivity contribution in [1.29, 1.82) is 0 Å². The predicted molar refractivity (Wildman–Crippen MR) is 52.8 cm³/mol. The summed E-state index contributed by atoms with van der Waals surface area (Å²) in [5, 5.41) is 11.9. The van der Waals surface area contributed by atoms with Gasteiger partial charge >= 0.3 is 0 Å². The van der Waals surface area contributed by atoms with E-state index in [0.717, 1.165) is 11.5 Å². The first kappa shape index (κ1) is 11.2. The zero-order valence-corrected chi connectivity index (χ0v) is 8.62. The normalized spacial score (nSPS) is 13.1. The van der Waals surface area contributed by atoms with Crippen molar-refractivity contribution in [2.45, 2.75) is 26.1 Å². The Morgan fingerprint density at radius 1 is 1.50 bits per heavy atom. The number of ether oxygens (including phenoxy) is 1. The van der Waals surface area contributed by atoms with Crippen LogP contribution in [-0.2, 0) is 17.9 Å². The van der Waals surface area contributed by atoms with Gasteiger partial charge in [0.2, 0.25) is 0 Å². The summed E-state index contributed by atoms with van der Waals surface area (Å²) in [7, 11) is 1.63. The van der Waals surface area contributed by atoms with E-state index in [-0.39, 0.29) is 12.6 Å². The maximum absolute atomic E-state index is 8.79. The van der Waals surface area contributed by atoms with Crippen LogP contribution in [0.3, 0.4) is 0 Å². The Labute approximate surface area is 83.9 Å². The molecular formula is C10H17NO3. The lowest BCUT2D eigenvalue weighted by Crippen LogP contribution is -2.28. The highest BCUT2D eigenvalue weighted by Crippen LogP contribution is 2.08. The molecule has 0 unspecified atom stereocenters. The third-order valence-electron chi connectivity index (χ3n) is 1.90. The molecule has 0 radical (unpaired) electrons. The van der Waals surface area contributed by atoms with Crippen LogP contribution in [0, 0.1) is 0 Å². The van der Waals surface area contributed by atoms with Crippen LogP contribution in [0.25, 0.3) is 0 Å². The summed E-state index contributed by atoms with van der Waals surface area (Å²) in [5.41, 5.74) is 0. The highest BCUT2D eigenvalue weighted by Gasteiger charge is 2.03. The third kappa shape index (κ3) is 3.49. The van der Waals surface area contributed by atoms with Crippen molar-refractivity contribution in [1.82, 2.24) is 5.32 Å². The Kier molecular flexibility index (Phi) is 4.65. The molecule has 1 heterocycles. The summed E-state index contributed by atoms with van der Waals surface area (Å²) in [6, 6.07) is 3.89. The Hall–Kier alpha value is -0.840. The Balaban J connectivity index is 2.35. The molecule has 14 heavy (non-hydrogen) atoms. The minimum atomic E-state index is 0.0889. The maximum Gasteiger partial charge on any atom is 0.129 e. The summed E-state index contributed by atoms with van der Waals surface area (Å²) in [6.45, 7) is 3.17. The number of hydrogen-bond acceptors (Lipinski definition) is 4.